The van der Waals surface area contributed by atoms with Gasteiger partial charge in [0.1, 0.15) is 0 Å². The van der Waals surface area contributed by atoms with Crippen molar-refractivity contribution in [3.05, 3.63) is 59.2 Å². The summed E-state index contributed by atoms with van der Waals surface area (Å²) in [4.78, 5) is 11.9. The van der Waals surface area contributed by atoms with E-state index in [9.17, 15) is 9.90 Å². The molecule has 1 fully saturated rings. The van der Waals surface area contributed by atoms with Gasteiger partial charge in [-0.25, -0.2) is 4.79 Å². The van der Waals surface area contributed by atoms with Crippen LogP contribution >= 0.6 is 0 Å². The first-order chi connectivity index (χ1) is 12.6. The van der Waals surface area contributed by atoms with E-state index in [-0.39, 0.29) is 0 Å². The summed E-state index contributed by atoms with van der Waals surface area (Å²) in [6.07, 6.45) is 6.96. The summed E-state index contributed by atoms with van der Waals surface area (Å²) in [7, 11) is 0. The fraction of sp³-hybridized carbons (Fsp3) is 0.391. The second-order valence-corrected chi connectivity index (χ2v) is 7.27. The van der Waals surface area contributed by atoms with Gasteiger partial charge in [-0.05, 0) is 72.4 Å². The Morgan fingerprint density at radius 2 is 1.81 bits per heavy atom. The minimum absolute atomic E-state index is 0.293. The highest BCUT2D eigenvalue weighted by atomic mass is 16.4. The molecule has 3 heteroatoms. The van der Waals surface area contributed by atoms with Crippen molar-refractivity contribution < 1.29 is 9.90 Å². The van der Waals surface area contributed by atoms with Crippen molar-refractivity contribution >= 4 is 5.97 Å². The number of carboxylic acids is 1. The third-order valence-electron chi connectivity index (χ3n) is 5.61. The van der Waals surface area contributed by atoms with Crippen LogP contribution in [-0.4, -0.2) is 11.1 Å². The Labute approximate surface area is 155 Å². The first-order valence-corrected chi connectivity index (χ1v) is 9.50. The van der Waals surface area contributed by atoms with E-state index in [4.69, 9.17) is 5.26 Å². The molecule has 1 aliphatic carbocycles. The van der Waals surface area contributed by atoms with Gasteiger partial charge in [0.05, 0.1) is 17.2 Å². The number of carboxylic acid groups (broad SMARTS) is 1. The van der Waals surface area contributed by atoms with Crippen LogP contribution in [0.3, 0.4) is 0 Å². The summed E-state index contributed by atoms with van der Waals surface area (Å²) in [5, 5.41) is 18.8. The molecule has 1 aliphatic rings. The molecule has 0 bridgehead atoms. The topological polar surface area (TPSA) is 61.1 Å². The molecule has 0 heterocycles. The molecule has 3 rings (SSSR count). The van der Waals surface area contributed by atoms with Gasteiger partial charge in [-0.2, -0.15) is 5.26 Å². The van der Waals surface area contributed by atoms with Crippen molar-refractivity contribution in [2.24, 2.45) is 5.92 Å². The molecule has 0 radical (unpaired) electrons. The molecule has 2 aromatic carbocycles. The number of nitriles is 1. The SMILES string of the molecule is CCC[C@H]1CC[C@H](c2c(C(=O)O)cccc2-c2ccc(C#N)cc2)CC1. The molecule has 1 saturated carbocycles. The number of carbonyl (C=O) groups is 1. The number of hydrogen-bond donors (Lipinski definition) is 1. The van der Waals surface area contributed by atoms with Crippen molar-refractivity contribution in [3.63, 3.8) is 0 Å². The Bertz CT molecular complexity index is 809. The van der Waals surface area contributed by atoms with Crippen LogP contribution in [-0.2, 0) is 0 Å². The summed E-state index contributed by atoms with van der Waals surface area (Å²) < 4.78 is 0. The quantitative estimate of drug-likeness (QED) is 0.722. The minimum Gasteiger partial charge on any atom is -0.478 e. The summed E-state index contributed by atoms with van der Waals surface area (Å²) in [6, 6.07) is 15.1. The predicted octanol–water partition coefficient (Wildman–Crippen LogP) is 6.00. The van der Waals surface area contributed by atoms with Gasteiger partial charge in [0.25, 0.3) is 0 Å². The second kappa shape index (κ2) is 8.19. The molecule has 0 spiro atoms. The molecule has 134 valence electrons. The molecular formula is C23H25NO2. The van der Waals surface area contributed by atoms with Crippen LogP contribution in [0.1, 0.15) is 72.9 Å². The molecule has 0 atom stereocenters. The van der Waals surface area contributed by atoms with Crippen molar-refractivity contribution in [2.45, 2.75) is 51.4 Å². The summed E-state index contributed by atoms with van der Waals surface area (Å²) in [5.41, 5.74) is 3.99. The van der Waals surface area contributed by atoms with Crippen molar-refractivity contribution in [3.8, 4) is 17.2 Å². The van der Waals surface area contributed by atoms with Crippen LogP contribution in [0, 0.1) is 17.2 Å². The van der Waals surface area contributed by atoms with Crippen molar-refractivity contribution in [2.75, 3.05) is 0 Å². The smallest absolute Gasteiger partial charge is 0.335 e. The number of nitrogens with zero attached hydrogens (tertiary/aromatic N) is 1. The van der Waals surface area contributed by atoms with Gasteiger partial charge in [-0.15, -0.1) is 0 Å². The highest BCUT2D eigenvalue weighted by Gasteiger charge is 2.27. The Balaban J connectivity index is 1.99. The molecule has 1 N–H and O–H groups in total. The van der Waals surface area contributed by atoms with E-state index < -0.39 is 5.97 Å². The predicted molar refractivity (Wildman–Crippen MR) is 103 cm³/mol. The molecular weight excluding hydrogens is 322 g/mol. The minimum atomic E-state index is -0.855. The standard InChI is InChI=1S/C23H25NO2/c1-2-4-16-7-13-19(14-8-16)22-20(5-3-6-21(22)23(25)26)18-11-9-17(15-24)10-12-18/h3,5-6,9-12,16,19H,2,4,7-8,13-14H2,1H3,(H,25,26)/t16-,19-. The lowest BCUT2D eigenvalue weighted by atomic mass is 9.74. The van der Waals surface area contributed by atoms with E-state index in [1.165, 1.54) is 25.7 Å². The third-order valence-corrected chi connectivity index (χ3v) is 5.61. The molecule has 0 saturated heterocycles. The van der Waals surface area contributed by atoms with Gasteiger partial charge >= 0.3 is 5.97 Å². The Hall–Kier alpha value is -2.60. The Morgan fingerprint density at radius 1 is 1.12 bits per heavy atom. The van der Waals surface area contributed by atoms with Gasteiger partial charge in [-0.1, -0.05) is 44.0 Å². The fourth-order valence-corrected chi connectivity index (χ4v) is 4.32. The van der Waals surface area contributed by atoms with Crippen LogP contribution in [0.15, 0.2) is 42.5 Å². The highest BCUT2D eigenvalue weighted by Crippen LogP contribution is 2.42. The van der Waals surface area contributed by atoms with Gasteiger partial charge in [0, 0.05) is 0 Å². The summed E-state index contributed by atoms with van der Waals surface area (Å²) >= 11 is 0. The third kappa shape index (κ3) is 3.80. The number of aromatic carboxylic acids is 1. The molecule has 0 amide bonds. The largest absolute Gasteiger partial charge is 0.478 e. The van der Waals surface area contributed by atoms with Crippen LogP contribution in [0.5, 0.6) is 0 Å². The molecule has 0 aromatic heterocycles. The van der Waals surface area contributed by atoms with Crippen LogP contribution in [0.25, 0.3) is 11.1 Å². The second-order valence-electron chi connectivity index (χ2n) is 7.27. The normalized spacial score (nSPS) is 19.7. The van der Waals surface area contributed by atoms with E-state index in [2.05, 4.69) is 13.0 Å². The lowest BCUT2D eigenvalue weighted by molar-refractivity contribution is 0.0694. The van der Waals surface area contributed by atoms with Crippen LogP contribution < -0.4 is 0 Å². The number of hydrogen-bond acceptors (Lipinski definition) is 2. The molecule has 0 unspecified atom stereocenters. The maximum absolute atomic E-state index is 11.9. The van der Waals surface area contributed by atoms with Gasteiger partial charge in [-0.3, -0.25) is 0 Å². The average molecular weight is 347 g/mol. The maximum atomic E-state index is 11.9. The molecule has 0 aliphatic heterocycles. The van der Waals surface area contributed by atoms with Crippen LogP contribution in [0.4, 0.5) is 0 Å². The van der Waals surface area contributed by atoms with E-state index in [0.717, 1.165) is 35.4 Å². The zero-order valence-corrected chi connectivity index (χ0v) is 15.2. The number of benzene rings is 2. The molecule has 3 nitrogen and oxygen atoms in total. The Morgan fingerprint density at radius 3 is 2.38 bits per heavy atom. The highest BCUT2D eigenvalue weighted by molar-refractivity contribution is 5.92. The fourth-order valence-electron chi connectivity index (χ4n) is 4.32. The van der Waals surface area contributed by atoms with Gasteiger partial charge in [0.15, 0.2) is 0 Å². The summed E-state index contributed by atoms with van der Waals surface area (Å²) in [6.45, 7) is 2.23. The van der Waals surface area contributed by atoms with Crippen LogP contribution in [0.2, 0.25) is 0 Å². The summed E-state index contributed by atoms with van der Waals surface area (Å²) in [5.74, 6) is 0.221. The first-order valence-electron chi connectivity index (χ1n) is 9.50. The van der Waals surface area contributed by atoms with Gasteiger partial charge in [0.2, 0.25) is 0 Å². The average Bonchev–Trinajstić information content (AvgIpc) is 2.68. The van der Waals surface area contributed by atoms with Gasteiger partial charge < -0.3 is 5.11 Å². The maximum Gasteiger partial charge on any atom is 0.335 e. The van der Waals surface area contributed by atoms with Crippen molar-refractivity contribution in [1.82, 2.24) is 0 Å². The zero-order valence-electron chi connectivity index (χ0n) is 15.2. The molecule has 26 heavy (non-hydrogen) atoms. The Kier molecular flexibility index (Phi) is 5.73. The first kappa shape index (κ1) is 18.2. The van der Waals surface area contributed by atoms with E-state index in [1.807, 2.05) is 24.3 Å². The van der Waals surface area contributed by atoms with E-state index in [1.54, 1.807) is 18.2 Å². The molecule has 2 aromatic rings. The van der Waals surface area contributed by atoms with E-state index in [0.29, 0.717) is 17.0 Å². The lowest BCUT2D eigenvalue weighted by Crippen LogP contribution is -2.16. The monoisotopic (exact) mass is 347 g/mol. The lowest BCUT2D eigenvalue weighted by Gasteiger charge is -2.31. The number of rotatable bonds is 5. The van der Waals surface area contributed by atoms with E-state index >= 15 is 0 Å². The van der Waals surface area contributed by atoms with Crippen molar-refractivity contribution in [1.29, 1.82) is 5.26 Å². The zero-order chi connectivity index (χ0) is 18.5.